The normalized spacial score (nSPS) is 12.4. The quantitative estimate of drug-likeness (QED) is 0.824. The van der Waals surface area contributed by atoms with Gasteiger partial charge in [-0.15, -0.1) is 0 Å². The highest BCUT2D eigenvalue weighted by atomic mass is 16.5. The lowest BCUT2D eigenvalue weighted by Crippen LogP contribution is -2.13. The van der Waals surface area contributed by atoms with E-state index in [1.807, 2.05) is 24.3 Å². The number of nitrogens with two attached hydrogens (primary N) is 1. The molecule has 0 bridgehead atoms. The molecule has 6 heteroatoms. The highest BCUT2D eigenvalue weighted by Gasteiger charge is 2.14. The van der Waals surface area contributed by atoms with E-state index < -0.39 is 0 Å². The van der Waals surface area contributed by atoms with Crippen LogP contribution in [-0.4, -0.2) is 29.4 Å². The molecule has 18 heavy (non-hydrogen) atoms. The molecule has 1 atom stereocenters. The van der Waals surface area contributed by atoms with Gasteiger partial charge in [0, 0.05) is 7.11 Å². The molecule has 0 aliphatic carbocycles. The fraction of sp³-hybridized carbons (Fsp3) is 0.333. The SMILES string of the molecule is COCc1nc(C(N)c2ccc(OC)cc2)n[nH]1. The summed E-state index contributed by atoms with van der Waals surface area (Å²) < 4.78 is 10.1. The van der Waals surface area contributed by atoms with E-state index in [-0.39, 0.29) is 6.04 Å². The fourth-order valence-corrected chi connectivity index (χ4v) is 1.61. The summed E-state index contributed by atoms with van der Waals surface area (Å²) in [6.07, 6.45) is 0. The number of ether oxygens (including phenoxy) is 2. The number of nitrogens with one attached hydrogen (secondary N) is 1. The summed E-state index contributed by atoms with van der Waals surface area (Å²) >= 11 is 0. The summed E-state index contributed by atoms with van der Waals surface area (Å²) in [5.41, 5.74) is 7.02. The number of benzene rings is 1. The molecule has 0 saturated carbocycles. The van der Waals surface area contributed by atoms with Crippen LogP contribution in [0.1, 0.15) is 23.3 Å². The van der Waals surface area contributed by atoms with Gasteiger partial charge < -0.3 is 15.2 Å². The Balaban J connectivity index is 2.15. The molecule has 1 heterocycles. The molecular weight excluding hydrogens is 232 g/mol. The highest BCUT2D eigenvalue weighted by Crippen LogP contribution is 2.19. The topological polar surface area (TPSA) is 86.1 Å². The monoisotopic (exact) mass is 248 g/mol. The predicted molar refractivity (Wildman–Crippen MR) is 66.1 cm³/mol. The molecule has 1 unspecified atom stereocenters. The maximum Gasteiger partial charge on any atom is 0.171 e. The van der Waals surface area contributed by atoms with E-state index in [1.165, 1.54) is 0 Å². The Bertz CT molecular complexity index is 495. The Hall–Kier alpha value is -1.92. The van der Waals surface area contributed by atoms with Crippen molar-refractivity contribution in [1.29, 1.82) is 0 Å². The van der Waals surface area contributed by atoms with Crippen LogP contribution in [0.15, 0.2) is 24.3 Å². The van der Waals surface area contributed by atoms with Crippen molar-refractivity contribution < 1.29 is 9.47 Å². The molecule has 0 aliphatic heterocycles. The lowest BCUT2D eigenvalue weighted by molar-refractivity contribution is 0.178. The molecule has 96 valence electrons. The van der Waals surface area contributed by atoms with Gasteiger partial charge in [-0.3, -0.25) is 5.10 Å². The first kappa shape index (κ1) is 12.5. The van der Waals surface area contributed by atoms with Gasteiger partial charge in [0.25, 0.3) is 0 Å². The third-order valence-corrected chi connectivity index (χ3v) is 2.58. The van der Waals surface area contributed by atoms with E-state index in [0.717, 1.165) is 11.3 Å². The van der Waals surface area contributed by atoms with E-state index in [1.54, 1.807) is 14.2 Å². The Morgan fingerprint density at radius 2 is 2.00 bits per heavy atom. The second-order valence-electron chi connectivity index (χ2n) is 3.82. The van der Waals surface area contributed by atoms with Crippen LogP contribution in [0, 0.1) is 0 Å². The van der Waals surface area contributed by atoms with Crippen molar-refractivity contribution in [3.63, 3.8) is 0 Å². The van der Waals surface area contributed by atoms with Crippen LogP contribution >= 0.6 is 0 Å². The summed E-state index contributed by atoms with van der Waals surface area (Å²) in [6.45, 7) is 0.391. The van der Waals surface area contributed by atoms with Gasteiger partial charge in [0.15, 0.2) is 11.6 Å². The first-order chi connectivity index (χ1) is 8.74. The van der Waals surface area contributed by atoms with Crippen LogP contribution in [0.3, 0.4) is 0 Å². The molecule has 0 fully saturated rings. The van der Waals surface area contributed by atoms with Crippen molar-refractivity contribution in [1.82, 2.24) is 15.2 Å². The molecule has 0 aliphatic rings. The van der Waals surface area contributed by atoms with E-state index in [0.29, 0.717) is 18.3 Å². The van der Waals surface area contributed by atoms with Gasteiger partial charge in [-0.05, 0) is 17.7 Å². The molecule has 1 aromatic carbocycles. The highest BCUT2D eigenvalue weighted by molar-refractivity contribution is 5.31. The van der Waals surface area contributed by atoms with Crippen LogP contribution < -0.4 is 10.5 Å². The van der Waals surface area contributed by atoms with Gasteiger partial charge in [-0.25, -0.2) is 4.98 Å². The summed E-state index contributed by atoms with van der Waals surface area (Å²) in [4.78, 5) is 4.27. The number of rotatable bonds is 5. The molecule has 2 aromatic rings. The zero-order valence-electron chi connectivity index (χ0n) is 10.4. The van der Waals surface area contributed by atoms with Gasteiger partial charge in [0.05, 0.1) is 13.2 Å². The molecule has 0 spiro atoms. The van der Waals surface area contributed by atoms with Crippen LogP contribution in [-0.2, 0) is 11.3 Å². The van der Waals surface area contributed by atoms with Crippen molar-refractivity contribution in [2.45, 2.75) is 12.6 Å². The maximum absolute atomic E-state index is 6.09. The maximum atomic E-state index is 6.09. The number of hydrogen-bond donors (Lipinski definition) is 2. The zero-order chi connectivity index (χ0) is 13.0. The van der Waals surface area contributed by atoms with Crippen LogP contribution in [0.2, 0.25) is 0 Å². The lowest BCUT2D eigenvalue weighted by Gasteiger charge is -2.08. The Kier molecular flexibility index (Phi) is 3.91. The summed E-state index contributed by atoms with van der Waals surface area (Å²) in [6, 6.07) is 7.15. The number of methoxy groups -OCH3 is 2. The third-order valence-electron chi connectivity index (χ3n) is 2.58. The van der Waals surface area contributed by atoms with Crippen molar-refractivity contribution >= 4 is 0 Å². The number of H-pyrrole nitrogens is 1. The minimum absolute atomic E-state index is 0.363. The van der Waals surface area contributed by atoms with Crippen LogP contribution in [0.25, 0.3) is 0 Å². The molecule has 2 rings (SSSR count). The first-order valence-corrected chi connectivity index (χ1v) is 5.54. The summed E-state index contributed by atoms with van der Waals surface area (Å²) in [5, 5.41) is 6.87. The first-order valence-electron chi connectivity index (χ1n) is 5.54. The Labute approximate surface area is 105 Å². The van der Waals surface area contributed by atoms with E-state index >= 15 is 0 Å². The van der Waals surface area contributed by atoms with Crippen LogP contribution in [0.5, 0.6) is 5.75 Å². The molecule has 0 saturated heterocycles. The Morgan fingerprint density at radius 1 is 1.28 bits per heavy atom. The lowest BCUT2D eigenvalue weighted by atomic mass is 10.1. The standard InChI is InChI=1S/C12H16N4O2/c1-17-7-10-14-12(16-15-10)11(13)8-3-5-9(18-2)6-4-8/h3-6,11H,7,13H2,1-2H3,(H,14,15,16). The molecule has 0 radical (unpaired) electrons. The van der Waals surface area contributed by atoms with E-state index in [4.69, 9.17) is 15.2 Å². The minimum atomic E-state index is -0.363. The molecular formula is C12H16N4O2. The average Bonchev–Trinajstić information content (AvgIpc) is 2.87. The summed E-state index contributed by atoms with van der Waals surface area (Å²) in [5.74, 6) is 2.00. The number of hydrogen-bond acceptors (Lipinski definition) is 5. The van der Waals surface area contributed by atoms with Gasteiger partial charge in [0.1, 0.15) is 12.4 Å². The molecule has 0 amide bonds. The van der Waals surface area contributed by atoms with Crippen molar-refractivity contribution in [2.75, 3.05) is 14.2 Å². The largest absolute Gasteiger partial charge is 0.497 e. The molecule has 1 aromatic heterocycles. The number of nitrogens with zero attached hydrogens (tertiary/aromatic N) is 2. The molecule has 3 N–H and O–H groups in total. The zero-order valence-corrected chi connectivity index (χ0v) is 10.4. The van der Waals surface area contributed by atoms with E-state index in [9.17, 15) is 0 Å². The number of aromatic amines is 1. The van der Waals surface area contributed by atoms with Crippen molar-refractivity contribution in [3.8, 4) is 5.75 Å². The summed E-state index contributed by atoms with van der Waals surface area (Å²) in [7, 11) is 3.23. The number of aromatic nitrogens is 3. The van der Waals surface area contributed by atoms with Gasteiger partial charge >= 0.3 is 0 Å². The second kappa shape index (κ2) is 5.61. The van der Waals surface area contributed by atoms with Gasteiger partial charge in [0.2, 0.25) is 0 Å². The van der Waals surface area contributed by atoms with Crippen molar-refractivity contribution in [2.24, 2.45) is 5.73 Å². The smallest absolute Gasteiger partial charge is 0.171 e. The third kappa shape index (κ3) is 2.66. The van der Waals surface area contributed by atoms with Crippen molar-refractivity contribution in [3.05, 3.63) is 41.5 Å². The average molecular weight is 248 g/mol. The van der Waals surface area contributed by atoms with Gasteiger partial charge in [-0.1, -0.05) is 12.1 Å². The van der Waals surface area contributed by atoms with Crippen LogP contribution in [0.4, 0.5) is 0 Å². The van der Waals surface area contributed by atoms with E-state index in [2.05, 4.69) is 15.2 Å². The fourth-order valence-electron chi connectivity index (χ4n) is 1.61. The second-order valence-corrected chi connectivity index (χ2v) is 3.82. The Morgan fingerprint density at radius 3 is 2.61 bits per heavy atom. The minimum Gasteiger partial charge on any atom is -0.497 e. The van der Waals surface area contributed by atoms with Gasteiger partial charge in [-0.2, -0.15) is 5.10 Å². The molecule has 6 nitrogen and oxygen atoms in total. The predicted octanol–water partition coefficient (Wildman–Crippen LogP) is 1.01.